The van der Waals surface area contributed by atoms with Crippen molar-refractivity contribution in [3.8, 4) is 0 Å². The second-order valence-electron chi connectivity index (χ2n) is 5.82. The van der Waals surface area contributed by atoms with Gasteiger partial charge < -0.3 is 15.3 Å². The van der Waals surface area contributed by atoms with Crippen molar-refractivity contribution < 1.29 is 14.7 Å². The molecule has 2 amide bonds. The van der Waals surface area contributed by atoms with Crippen LogP contribution >= 0.6 is 0 Å². The first-order chi connectivity index (χ1) is 10.5. The summed E-state index contributed by atoms with van der Waals surface area (Å²) < 4.78 is 0. The van der Waals surface area contributed by atoms with Crippen molar-refractivity contribution in [2.45, 2.75) is 39.2 Å². The van der Waals surface area contributed by atoms with Gasteiger partial charge in [-0.1, -0.05) is 25.1 Å². The lowest BCUT2D eigenvalue weighted by Crippen LogP contribution is -2.34. The average Bonchev–Trinajstić information content (AvgIpc) is 2.88. The summed E-state index contributed by atoms with van der Waals surface area (Å²) in [4.78, 5) is 26.1. The number of aliphatic hydroxyl groups is 1. The van der Waals surface area contributed by atoms with Gasteiger partial charge in [-0.3, -0.25) is 9.59 Å². The lowest BCUT2D eigenvalue weighted by Gasteiger charge is -2.20. The van der Waals surface area contributed by atoms with Gasteiger partial charge in [0.15, 0.2) is 0 Å². The summed E-state index contributed by atoms with van der Waals surface area (Å²) in [6.45, 7) is 4.61. The van der Waals surface area contributed by atoms with Gasteiger partial charge in [0.1, 0.15) is 0 Å². The number of hydrogen-bond donors (Lipinski definition) is 2. The van der Waals surface area contributed by atoms with Crippen molar-refractivity contribution >= 4 is 17.5 Å². The predicted octanol–water partition coefficient (Wildman–Crippen LogP) is 1.49. The van der Waals surface area contributed by atoms with Gasteiger partial charge in [-0.05, 0) is 31.4 Å². The number of aryl methyl sites for hydroxylation is 1. The summed E-state index contributed by atoms with van der Waals surface area (Å²) >= 11 is 0. The molecule has 5 heteroatoms. The van der Waals surface area contributed by atoms with E-state index in [-0.39, 0.29) is 24.2 Å². The van der Waals surface area contributed by atoms with Gasteiger partial charge in [0.25, 0.3) is 0 Å². The molecule has 1 saturated heterocycles. The van der Waals surface area contributed by atoms with Crippen LogP contribution in [-0.2, 0) is 16.0 Å². The number of hydrogen-bond acceptors (Lipinski definition) is 3. The fraction of sp³-hybridized carbons (Fsp3) is 0.529. The summed E-state index contributed by atoms with van der Waals surface area (Å²) in [6.07, 6.45) is 1.19. The molecule has 120 valence electrons. The highest BCUT2D eigenvalue weighted by Crippen LogP contribution is 2.28. The fourth-order valence-corrected chi connectivity index (χ4v) is 2.74. The number of anilines is 1. The molecule has 1 aromatic carbocycles. The van der Waals surface area contributed by atoms with Crippen molar-refractivity contribution in [3.05, 3.63) is 29.8 Å². The van der Waals surface area contributed by atoms with Gasteiger partial charge in [0.05, 0.1) is 12.0 Å². The summed E-state index contributed by atoms with van der Waals surface area (Å²) in [5, 5.41) is 12.0. The van der Waals surface area contributed by atoms with E-state index >= 15 is 0 Å². The highest BCUT2D eigenvalue weighted by atomic mass is 16.3. The Balaban J connectivity index is 2.00. The van der Waals surface area contributed by atoms with E-state index in [2.05, 4.69) is 12.2 Å². The smallest absolute Gasteiger partial charge is 0.227 e. The number of amides is 2. The SMILES string of the molecule is CCc1ccccc1N1CC(C(=O)NCCC(C)O)CC1=O. The highest BCUT2D eigenvalue weighted by molar-refractivity contribution is 6.00. The summed E-state index contributed by atoms with van der Waals surface area (Å²) in [7, 11) is 0. The molecular formula is C17H24N2O3. The number of carbonyl (C=O) groups is 2. The standard InChI is InChI=1S/C17H24N2O3/c1-3-13-6-4-5-7-15(13)19-11-14(10-16(19)21)17(22)18-9-8-12(2)20/h4-7,12,14,20H,3,8-11H2,1-2H3,(H,18,22). The predicted molar refractivity (Wildman–Crippen MR) is 85.6 cm³/mol. The Morgan fingerprint density at radius 2 is 2.18 bits per heavy atom. The zero-order valence-electron chi connectivity index (χ0n) is 13.2. The van der Waals surface area contributed by atoms with Gasteiger partial charge in [0, 0.05) is 25.2 Å². The minimum Gasteiger partial charge on any atom is -0.393 e. The molecule has 1 aromatic rings. The molecule has 2 atom stereocenters. The molecule has 0 radical (unpaired) electrons. The third-order valence-electron chi connectivity index (χ3n) is 4.02. The minimum absolute atomic E-state index is 0.00317. The van der Waals surface area contributed by atoms with Gasteiger partial charge >= 0.3 is 0 Å². The lowest BCUT2D eigenvalue weighted by molar-refractivity contribution is -0.126. The van der Waals surface area contributed by atoms with Crippen LogP contribution in [0.25, 0.3) is 0 Å². The number of nitrogens with one attached hydrogen (secondary N) is 1. The molecule has 1 heterocycles. The maximum absolute atomic E-state index is 12.2. The largest absolute Gasteiger partial charge is 0.393 e. The Morgan fingerprint density at radius 3 is 2.86 bits per heavy atom. The topological polar surface area (TPSA) is 69.6 Å². The number of benzene rings is 1. The molecule has 0 bridgehead atoms. The van der Waals surface area contributed by atoms with E-state index in [9.17, 15) is 14.7 Å². The van der Waals surface area contributed by atoms with Crippen LogP contribution in [-0.4, -0.2) is 36.1 Å². The zero-order chi connectivity index (χ0) is 16.1. The molecule has 2 N–H and O–H groups in total. The van der Waals surface area contributed by atoms with E-state index in [1.54, 1.807) is 11.8 Å². The van der Waals surface area contributed by atoms with Crippen molar-refractivity contribution in [2.24, 2.45) is 5.92 Å². The molecular weight excluding hydrogens is 280 g/mol. The fourth-order valence-electron chi connectivity index (χ4n) is 2.74. The van der Waals surface area contributed by atoms with Gasteiger partial charge in [-0.2, -0.15) is 0 Å². The van der Waals surface area contributed by atoms with E-state index in [1.807, 2.05) is 24.3 Å². The second-order valence-corrected chi connectivity index (χ2v) is 5.82. The van der Waals surface area contributed by atoms with Crippen LogP contribution < -0.4 is 10.2 Å². The first-order valence-electron chi connectivity index (χ1n) is 7.87. The maximum atomic E-state index is 12.2. The molecule has 0 saturated carbocycles. The van der Waals surface area contributed by atoms with Crippen LogP contribution in [0.15, 0.2) is 24.3 Å². The molecule has 1 aliphatic rings. The van der Waals surface area contributed by atoms with Crippen molar-refractivity contribution in [1.29, 1.82) is 0 Å². The summed E-state index contributed by atoms with van der Waals surface area (Å²) in [5.41, 5.74) is 2.03. The van der Waals surface area contributed by atoms with E-state index < -0.39 is 6.10 Å². The molecule has 1 aliphatic heterocycles. The van der Waals surface area contributed by atoms with Gasteiger partial charge in [0.2, 0.25) is 11.8 Å². The number of carbonyl (C=O) groups excluding carboxylic acids is 2. The van der Waals surface area contributed by atoms with E-state index in [1.165, 1.54) is 0 Å². The number of para-hydroxylation sites is 1. The van der Waals surface area contributed by atoms with Crippen LogP contribution in [0.2, 0.25) is 0 Å². The molecule has 2 rings (SSSR count). The molecule has 0 aliphatic carbocycles. The van der Waals surface area contributed by atoms with Gasteiger partial charge in [-0.25, -0.2) is 0 Å². The van der Waals surface area contributed by atoms with Crippen LogP contribution in [0, 0.1) is 5.92 Å². The maximum Gasteiger partial charge on any atom is 0.227 e. The first kappa shape index (κ1) is 16.5. The van der Waals surface area contributed by atoms with E-state index in [4.69, 9.17) is 0 Å². The minimum atomic E-state index is -0.432. The van der Waals surface area contributed by atoms with E-state index in [0.717, 1.165) is 17.7 Å². The Morgan fingerprint density at radius 1 is 1.45 bits per heavy atom. The summed E-state index contributed by atoms with van der Waals surface area (Å²) in [6, 6.07) is 7.82. The lowest BCUT2D eigenvalue weighted by atomic mass is 10.1. The molecule has 22 heavy (non-hydrogen) atoms. The quantitative estimate of drug-likeness (QED) is 0.836. The Labute approximate surface area is 131 Å². The molecule has 0 spiro atoms. The van der Waals surface area contributed by atoms with Crippen LogP contribution in [0.4, 0.5) is 5.69 Å². The van der Waals surface area contributed by atoms with Crippen molar-refractivity contribution in [1.82, 2.24) is 5.32 Å². The molecule has 0 aromatic heterocycles. The monoisotopic (exact) mass is 304 g/mol. The van der Waals surface area contributed by atoms with Crippen LogP contribution in [0.3, 0.4) is 0 Å². The summed E-state index contributed by atoms with van der Waals surface area (Å²) in [5.74, 6) is -0.423. The van der Waals surface area contributed by atoms with Gasteiger partial charge in [-0.15, -0.1) is 0 Å². The van der Waals surface area contributed by atoms with Crippen LogP contribution in [0.1, 0.15) is 32.3 Å². The van der Waals surface area contributed by atoms with Crippen molar-refractivity contribution in [2.75, 3.05) is 18.0 Å². The number of nitrogens with zero attached hydrogens (tertiary/aromatic N) is 1. The third-order valence-corrected chi connectivity index (χ3v) is 4.02. The number of rotatable bonds is 6. The Bertz CT molecular complexity index is 542. The first-order valence-corrected chi connectivity index (χ1v) is 7.87. The zero-order valence-corrected chi connectivity index (χ0v) is 13.2. The average molecular weight is 304 g/mol. The highest BCUT2D eigenvalue weighted by Gasteiger charge is 2.35. The molecule has 2 unspecified atom stereocenters. The Hall–Kier alpha value is -1.88. The van der Waals surface area contributed by atoms with Crippen molar-refractivity contribution in [3.63, 3.8) is 0 Å². The normalized spacial score (nSPS) is 19.3. The third kappa shape index (κ3) is 3.85. The van der Waals surface area contributed by atoms with E-state index in [0.29, 0.717) is 19.5 Å². The molecule has 1 fully saturated rings. The van der Waals surface area contributed by atoms with Crippen LogP contribution in [0.5, 0.6) is 0 Å². The Kier molecular flexibility index (Phi) is 5.55. The second kappa shape index (κ2) is 7.40. The molecule has 5 nitrogen and oxygen atoms in total. The number of aliphatic hydroxyl groups excluding tert-OH is 1.